The first-order chi connectivity index (χ1) is 15.0. The molecule has 0 bridgehead atoms. The van der Waals surface area contributed by atoms with Gasteiger partial charge in [-0.2, -0.15) is 0 Å². The first kappa shape index (κ1) is 19.4. The lowest BCUT2D eigenvalue weighted by molar-refractivity contribution is 0.0640. The number of halogens is 2. The van der Waals surface area contributed by atoms with Crippen LogP contribution in [0.25, 0.3) is 0 Å². The predicted octanol–water partition coefficient (Wildman–Crippen LogP) is 5.18. The van der Waals surface area contributed by atoms with Crippen LogP contribution in [0.4, 0.5) is 4.39 Å². The molecule has 0 spiro atoms. The number of carbonyl (C=O) groups is 3. The van der Waals surface area contributed by atoms with E-state index in [1.165, 1.54) is 24.3 Å². The van der Waals surface area contributed by atoms with Crippen LogP contribution in [0.5, 0.6) is 0 Å². The van der Waals surface area contributed by atoms with Crippen molar-refractivity contribution in [3.8, 4) is 0 Å². The highest BCUT2D eigenvalue weighted by atomic mass is 35.5. The molecule has 4 nitrogen and oxygen atoms in total. The Hall–Kier alpha value is -3.57. The fourth-order valence-electron chi connectivity index (χ4n) is 4.11. The van der Waals surface area contributed by atoms with Crippen molar-refractivity contribution in [2.75, 3.05) is 0 Å². The zero-order valence-electron chi connectivity index (χ0n) is 16.0. The van der Waals surface area contributed by atoms with E-state index in [0.717, 1.165) is 0 Å². The minimum absolute atomic E-state index is 0.107. The van der Waals surface area contributed by atoms with Gasteiger partial charge in [-0.05, 0) is 42.0 Å². The van der Waals surface area contributed by atoms with E-state index in [1.807, 2.05) is 0 Å². The summed E-state index contributed by atoms with van der Waals surface area (Å²) < 4.78 is 19.2. The van der Waals surface area contributed by atoms with Crippen molar-refractivity contribution in [2.45, 2.75) is 12.0 Å². The van der Waals surface area contributed by atoms with Gasteiger partial charge in [-0.1, -0.05) is 48.0 Å². The maximum atomic E-state index is 13.4. The van der Waals surface area contributed by atoms with Crippen molar-refractivity contribution < 1.29 is 23.5 Å². The molecule has 3 aromatic carbocycles. The SMILES string of the molecule is O=C1C2=C(C(=O)c3ccccc31)[C@H](c1ccc(Cl)cc1)[C@@H](C(=O)c1ccc(F)cc1)O2. The Balaban J connectivity index is 1.65. The molecule has 6 heteroatoms. The Morgan fingerprint density at radius 2 is 1.45 bits per heavy atom. The monoisotopic (exact) mass is 432 g/mol. The Labute approximate surface area is 181 Å². The third kappa shape index (κ3) is 3.09. The first-order valence-corrected chi connectivity index (χ1v) is 9.98. The summed E-state index contributed by atoms with van der Waals surface area (Å²) in [6.07, 6.45) is -1.14. The maximum absolute atomic E-state index is 13.4. The van der Waals surface area contributed by atoms with E-state index in [4.69, 9.17) is 16.3 Å². The van der Waals surface area contributed by atoms with Crippen LogP contribution in [-0.4, -0.2) is 23.5 Å². The number of hydrogen-bond donors (Lipinski definition) is 0. The second-order valence-corrected chi connectivity index (χ2v) is 7.82. The molecule has 1 aliphatic heterocycles. The first-order valence-electron chi connectivity index (χ1n) is 9.60. The minimum atomic E-state index is -1.14. The molecule has 1 heterocycles. The second-order valence-electron chi connectivity index (χ2n) is 7.39. The number of allylic oxidation sites excluding steroid dienone is 1. The molecule has 0 amide bonds. The van der Waals surface area contributed by atoms with Gasteiger partial charge in [0.15, 0.2) is 17.6 Å². The van der Waals surface area contributed by atoms with Gasteiger partial charge in [0.25, 0.3) is 0 Å². The van der Waals surface area contributed by atoms with Gasteiger partial charge < -0.3 is 4.74 Å². The molecule has 5 rings (SSSR count). The normalized spacial score (nSPS) is 19.7. The summed E-state index contributed by atoms with van der Waals surface area (Å²) in [5.74, 6) is -2.60. The standard InChI is InChI=1S/C25H14ClFO4/c26-15-9-5-13(6-10-15)19-20-22(29)17-3-1-2-4-18(17)23(30)25(20)31-24(19)21(28)14-7-11-16(27)12-8-14/h1-12,19,24H/t19-,24-/m0/s1. The van der Waals surface area contributed by atoms with E-state index >= 15 is 0 Å². The second kappa shape index (κ2) is 7.29. The van der Waals surface area contributed by atoms with Crippen molar-refractivity contribution >= 4 is 29.0 Å². The average molecular weight is 433 g/mol. The molecule has 0 aromatic heterocycles. The lowest BCUT2D eigenvalue weighted by Gasteiger charge is -2.21. The van der Waals surface area contributed by atoms with E-state index in [2.05, 4.69) is 0 Å². The third-order valence-corrected chi connectivity index (χ3v) is 5.84. The summed E-state index contributed by atoms with van der Waals surface area (Å²) >= 11 is 6.02. The number of fused-ring (bicyclic) bond motifs is 1. The number of ether oxygens (including phenoxy) is 1. The molecular weight excluding hydrogens is 419 g/mol. The number of rotatable bonds is 3. The zero-order chi connectivity index (χ0) is 21.7. The highest BCUT2D eigenvalue weighted by Gasteiger charge is 2.50. The van der Waals surface area contributed by atoms with Crippen LogP contribution in [0.15, 0.2) is 84.1 Å². The van der Waals surface area contributed by atoms with E-state index in [9.17, 15) is 18.8 Å². The van der Waals surface area contributed by atoms with Crippen molar-refractivity contribution in [3.05, 3.63) is 117 Å². The van der Waals surface area contributed by atoms with Crippen molar-refractivity contribution in [3.63, 3.8) is 0 Å². The topological polar surface area (TPSA) is 60.4 Å². The smallest absolute Gasteiger partial charge is 0.228 e. The highest BCUT2D eigenvalue weighted by Crippen LogP contribution is 2.45. The van der Waals surface area contributed by atoms with Gasteiger partial charge in [0.1, 0.15) is 5.82 Å². The van der Waals surface area contributed by atoms with Gasteiger partial charge in [-0.25, -0.2) is 4.39 Å². The van der Waals surface area contributed by atoms with Crippen molar-refractivity contribution in [2.24, 2.45) is 0 Å². The highest BCUT2D eigenvalue weighted by molar-refractivity contribution is 6.30. The number of Topliss-reactive ketones (excluding diaryl/α,β-unsaturated/α-hetero) is 3. The average Bonchev–Trinajstić information content (AvgIpc) is 3.19. The van der Waals surface area contributed by atoms with E-state index in [0.29, 0.717) is 10.6 Å². The molecule has 0 unspecified atom stereocenters. The molecule has 152 valence electrons. The fraction of sp³-hybridized carbons (Fsp3) is 0.0800. The number of benzene rings is 3. The Morgan fingerprint density at radius 3 is 2.10 bits per heavy atom. The number of ketones is 3. The molecule has 1 aliphatic carbocycles. The molecule has 3 aromatic rings. The van der Waals surface area contributed by atoms with Crippen LogP contribution in [0.3, 0.4) is 0 Å². The van der Waals surface area contributed by atoms with E-state index < -0.39 is 29.4 Å². The van der Waals surface area contributed by atoms with Gasteiger partial charge >= 0.3 is 0 Å². The maximum Gasteiger partial charge on any atom is 0.228 e. The number of hydrogen-bond acceptors (Lipinski definition) is 4. The molecule has 2 aliphatic rings. The molecule has 31 heavy (non-hydrogen) atoms. The van der Waals surface area contributed by atoms with Crippen LogP contribution >= 0.6 is 11.6 Å². The quantitative estimate of drug-likeness (QED) is 0.535. The molecule has 0 saturated carbocycles. The lowest BCUT2D eigenvalue weighted by Crippen LogP contribution is -2.28. The Bertz CT molecular complexity index is 1280. The summed E-state index contributed by atoms with van der Waals surface area (Å²) in [5, 5.41) is 0.495. The molecule has 2 atom stereocenters. The summed E-state index contributed by atoms with van der Waals surface area (Å²) in [7, 11) is 0. The Morgan fingerprint density at radius 1 is 0.839 bits per heavy atom. The molecule has 0 radical (unpaired) electrons. The van der Waals surface area contributed by atoms with Gasteiger partial charge in [-0.15, -0.1) is 0 Å². The molecule has 0 fully saturated rings. The van der Waals surface area contributed by atoms with Gasteiger partial charge in [0, 0.05) is 21.7 Å². The van der Waals surface area contributed by atoms with Crippen LogP contribution in [-0.2, 0) is 4.74 Å². The van der Waals surface area contributed by atoms with Crippen molar-refractivity contribution in [1.82, 2.24) is 0 Å². The lowest BCUT2D eigenvalue weighted by atomic mass is 9.78. The summed E-state index contributed by atoms with van der Waals surface area (Å²) in [4.78, 5) is 39.8. The van der Waals surface area contributed by atoms with Crippen molar-refractivity contribution in [1.29, 1.82) is 0 Å². The van der Waals surface area contributed by atoms with Crippen LogP contribution in [0.2, 0.25) is 5.02 Å². The van der Waals surface area contributed by atoms with Crippen LogP contribution in [0.1, 0.15) is 42.6 Å². The van der Waals surface area contributed by atoms with Gasteiger partial charge in [0.2, 0.25) is 11.6 Å². The Kier molecular flexibility index (Phi) is 4.56. The van der Waals surface area contributed by atoms with Gasteiger partial charge in [-0.3, -0.25) is 14.4 Å². The molecule has 0 N–H and O–H groups in total. The predicted molar refractivity (Wildman–Crippen MR) is 112 cm³/mol. The summed E-state index contributed by atoms with van der Waals surface area (Å²) in [6, 6.07) is 18.3. The van der Waals surface area contributed by atoms with Crippen LogP contribution < -0.4 is 0 Å². The summed E-state index contributed by atoms with van der Waals surface area (Å²) in [6.45, 7) is 0. The molecular formula is C25H14ClFO4. The van der Waals surface area contributed by atoms with E-state index in [1.54, 1.807) is 48.5 Å². The number of carbonyl (C=O) groups excluding carboxylic acids is 3. The molecule has 0 saturated heterocycles. The van der Waals surface area contributed by atoms with E-state index in [-0.39, 0.29) is 33.8 Å². The van der Waals surface area contributed by atoms with Gasteiger partial charge in [0.05, 0.1) is 11.5 Å². The fourth-order valence-corrected chi connectivity index (χ4v) is 4.24. The summed E-state index contributed by atoms with van der Waals surface area (Å²) in [5.41, 5.74) is 1.53. The largest absolute Gasteiger partial charge is 0.477 e. The third-order valence-electron chi connectivity index (χ3n) is 5.59. The van der Waals surface area contributed by atoms with Crippen LogP contribution in [0, 0.1) is 5.82 Å². The minimum Gasteiger partial charge on any atom is -0.477 e. The zero-order valence-corrected chi connectivity index (χ0v) is 16.7.